The van der Waals surface area contributed by atoms with Gasteiger partial charge in [-0.2, -0.15) is 0 Å². The molecule has 0 aromatic heterocycles. The SMILES string of the molecule is CCCOc1cc(N)cc(NCCOC)c1. The number of ether oxygens (including phenoxy) is 2. The van der Waals surface area contributed by atoms with Gasteiger partial charge in [0.15, 0.2) is 0 Å². The Bertz CT molecular complexity index is 316. The minimum absolute atomic E-state index is 0.667. The number of methoxy groups -OCH3 is 1. The van der Waals surface area contributed by atoms with E-state index in [0.29, 0.717) is 18.9 Å². The highest BCUT2D eigenvalue weighted by molar-refractivity contribution is 5.59. The van der Waals surface area contributed by atoms with Crippen molar-refractivity contribution in [3.63, 3.8) is 0 Å². The lowest BCUT2D eigenvalue weighted by Gasteiger charge is -2.10. The van der Waals surface area contributed by atoms with Gasteiger partial charge in [0.2, 0.25) is 0 Å². The molecule has 0 spiro atoms. The maximum Gasteiger partial charge on any atom is 0.123 e. The Labute approximate surface area is 96.7 Å². The van der Waals surface area contributed by atoms with E-state index in [4.69, 9.17) is 15.2 Å². The van der Waals surface area contributed by atoms with Gasteiger partial charge in [0.25, 0.3) is 0 Å². The molecule has 0 radical (unpaired) electrons. The summed E-state index contributed by atoms with van der Waals surface area (Å²) in [5.41, 5.74) is 7.45. The lowest BCUT2D eigenvalue weighted by atomic mass is 10.2. The lowest BCUT2D eigenvalue weighted by Crippen LogP contribution is -2.08. The number of anilines is 2. The van der Waals surface area contributed by atoms with Gasteiger partial charge < -0.3 is 20.5 Å². The summed E-state index contributed by atoms with van der Waals surface area (Å²) in [6.07, 6.45) is 0.987. The van der Waals surface area contributed by atoms with Gasteiger partial charge in [-0.15, -0.1) is 0 Å². The molecule has 0 bridgehead atoms. The molecule has 0 amide bonds. The number of benzene rings is 1. The van der Waals surface area contributed by atoms with Gasteiger partial charge in [-0.25, -0.2) is 0 Å². The highest BCUT2D eigenvalue weighted by Gasteiger charge is 1.99. The highest BCUT2D eigenvalue weighted by Crippen LogP contribution is 2.22. The molecule has 1 rings (SSSR count). The predicted octanol–water partition coefficient (Wildman–Crippen LogP) is 2.12. The first kappa shape index (κ1) is 12.6. The average molecular weight is 224 g/mol. The van der Waals surface area contributed by atoms with Crippen molar-refractivity contribution in [1.82, 2.24) is 0 Å². The second kappa shape index (κ2) is 6.95. The Kier molecular flexibility index (Phi) is 5.50. The minimum Gasteiger partial charge on any atom is -0.493 e. The molecule has 4 heteroatoms. The Balaban J connectivity index is 2.58. The Morgan fingerprint density at radius 2 is 2.06 bits per heavy atom. The number of nitrogens with one attached hydrogen (secondary N) is 1. The Hall–Kier alpha value is -1.42. The second-order valence-corrected chi connectivity index (χ2v) is 3.56. The molecule has 0 aliphatic carbocycles. The topological polar surface area (TPSA) is 56.5 Å². The van der Waals surface area contributed by atoms with Crippen molar-refractivity contribution in [2.75, 3.05) is 37.9 Å². The first-order valence-corrected chi connectivity index (χ1v) is 5.52. The van der Waals surface area contributed by atoms with Crippen LogP contribution in [-0.4, -0.2) is 26.9 Å². The smallest absolute Gasteiger partial charge is 0.123 e. The number of nitrogens with two attached hydrogens (primary N) is 1. The summed E-state index contributed by atoms with van der Waals surface area (Å²) in [5.74, 6) is 0.807. The summed E-state index contributed by atoms with van der Waals surface area (Å²) in [5, 5.41) is 3.22. The third kappa shape index (κ3) is 4.40. The first-order chi connectivity index (χ1) is 7.76. The van der Waals surface area contributed by atoms with Gasteiger partial charge in [0, 0.05) is 37.2 Å². The molecule has 0 fully saturated rings. The van der Waals surface area contributed by atoms with Crippen LogP contribution in [0.1, 0.15) is 13.3 Å². The summed E-state index contributed by atoms with van der Waals surface area (Å²) in [7, 11) is 1.68. The molecule has 4 nitrogen and oxygen atoms in total. The summed E-state index contributed by atoms with van der Waals surface area (Å²) in [4.78, 5) is 0. The largest absolute Gasteiger partial charge is 0.493 e. The molecule has 1 aromatic carbocycles. The molecule has 0 aliphatic rings. The van der Waals surface area contributed by atoms with Gasteiger partial charge in [-0.1, -0.05) is 6.92 Å². The van der Waals surface area contributed by atoms with Crippen LogP contribution in [0.25, 0.3) is 0 Å². The first-order valence-electron chi connectivity index (χ1n) is 5.52. The third-order valence-corrected chi connectivity index (χ3v) is 2.04. The number of hydrogen-bond acceptors (Lipinski definition) is 4. The quantitative estimate of drug-likeness (QED) is 0.550. The fourth-order valence-corrected chi connectivity index (χ4v) is 1.32. The molecule has 3 N–H and O–H groups in total. The molecule has 90 valence electrons. The zero-order chi connectivity index (χ0) is 11.8. The van der Waals surface area contributed by atoms with Crippen molar-refractivity contribution in [2.45, 2.75) is 13.3 Å². The van der Waals surface area contributed by atoms with Crippen LogP contribution in [0.2, 0.25) is 0 Å². The molecule has 0 atom stereocenters. The van der Waals surface area contributed by atoms with Crippen LogP contribution in [0.3, 0.4) is 0 Å². The maximum atomic E-state index is 5.78. The molecule has 0 unspecified atom stereocenters. The van der Waals surface area contributed by atoms with Crippen molar-refractivity contribution < 1.29 is 9.47 Å². The summed E-state index contributed by atoms with van der Waals surface area (Å²) in [6.45, 7) is 4.21. The molecule has 0 aliphatic heterocycles. The van der Waals surface area contributed by atoms with E-state index in [1.807, 2.05) is 18.2 Å². The number of hydrogen-bond donors (Lipinski definition) is 2. The molecule has 1 aromatic rings. The Morgan fingerprint density at radius 3 is 2.75 bits per heavy atom. The van der Waals surface area contributed by atoms with Crippen molar-refractivity contribution in [3.05, 3.63) is 18.2 Å². The van der Waals surface area contributed by atoms with Crippen LogP contribution in [-0.2, 0) is 4.74 Å². The van der Waals surface area contributed by atoms with Crippen LogP contribution in [0.4, 0.5) is 11.4 Å². The number of nitrogen functional groups attached to an aromatic ring is 1. The molecular formula is C12H20N2O2. The van der Waals surface area contributed by atoms with E-state index in [2.05, 4.69) is 12.2 Å². The molecular weight excluding hydrogens is 204 g/mol. The van der Waals surface area contributed by atoms with Gasteiger partial charge >= 0.3 is 0 Å². The fourth-order valence-electron chi connectivity index (χ4n) is 1.32. The summed E-state index contributed by atoms with van der Waals surface area (Å²) >= 11 is 0. The zero-order valence-electron chi connectivity index (χ0n) is 9.95. The van der Waals surface area contributed by atoms with Gasteiger partial charge in [0.05, 0.1) is 13.2 Å². The van der Waals surface area contributed by atoms with Gasteiger partial charge in [0.1, 0.15) is 5.75 Å². The van der Waals surface area contributed by atoms with Crippen LogP contribution < -0.4 is 15.8 Å². The van der Waals surface area contributed by atoms with Crippen LogP contribution in [0.5, 0.6) is 5.75 Å². The van der Waals surface area contributed by atoms with E-state index < -0.39 is 0 Å². The molecule has 0 saturated heterocycles. The molecule has 0 heterocycles. The maximum absolute atomic E-state index is 5.78. The second-order valence-electron chi connectivity index (χ2n) is 3.56. The van der Waals surface area contributed by atoms with Crippen LogP contribution >= 0.6 is 0 Å². The summed E-state index contributed by atoms with van der Waals surface area (Å²) < 4.78 is 10.5. The van der Waals surface area contributed by atoms with Crippen LogP contribution in [0, 0.1) is 0 Å². The molecule has 16 heavy (non-hydrogen) atoms. The zero-order valence-corrected chi connectivity index (χ0v) is 9.95. The average Bonchev–Trinajstić information content (AvgIpc) is 2.26. The van der Waals surface area contributed by atoms with E-state index in [9.17, 15) is 0 Å². The number of rotatable bonds is 7. The van der Waals surface area contributed by atoms with Crippen LogP contribution in [0.15, 0.2) is 18.2 Å². The lowest BCUT2D eigenvalue weighted by molar-refractivity contribution is 0.211. The minimum atomic E-state index is 0.667. The monoisotopic (exact) mass is 224 g/mol. The fraction of sp³-hybridized carbons (Fsp3) is 0.500. The van der Waals surface area contributed by atoms with Gasteiger partial charge in [-0.3, -0.25) is 0 Å². The Morgan fingerprint density at radius 1 is 1.25 bits per heavy atom. The predicted molar refractivity (Wildman–Crippen MR) is 67.0 cm³/mol. The van der Waals surface area contributed by atoms with E-state index in [-0.39, 0.29) is 0 Å². The standard InChI is InChI=1S/C12H20N2O2/c1-3-5-16-12-8-10(13)7-11(9-12)14-4-6-15-2/h7-9,14H,3-6,13H2,1-2H3. The van der Waals surface area contributed by atoms with E-state index in [1.165, 1.54) is 0 Å². The van der Waals surface area contributed by atoms with Crippen molar-refractivity contribution in [3.8, 4) is 5.75 Å². The third-order valence-electron chi connectivity index (χ3n) is 2.04. The normalized spacial score (nSPS) is 10.1. The van der Waals surface area contributed by atoms with E-state index in [0.717, 1.165) is 24.4 Å². The van der Waals surface area contributed by atoms with Gasteiger partial charge in [-0.05, 0) is 12.5 Å². The van der Waals surface area contributed by atoms with E-state index in [1.54, 1.807) is 7.11 Å². The van der Waals surface area contributed by atoms with E-state index >= 15 is 0 Å². The van der Waals surface area contributed by atoms with Crippen molar-refractivity contribution >= 4 is 11.4 Å². The van der Waals surface area contributed by atoms with Crippen molar-refractivity contribution in [1.29, 1.82) is 0 Å². The molecule has 0 saturated carbocycles. The van der Waals surface area contributed by atoms with Crippen molar-refractivity contribution in [2.24, 2.45) is 0 Å². The highest BCUT2D eigenvalue weighted by atomic mass is 16.5. The summed E-state index contributed by atoms with van der Waals surface area (Å²) in [6, 6.07) is 5.66.